The first-order valence-corrected chi connectivity index (χ1v) is 8.62. The summed E-state index contributed by atoms with van der Waals surface area (Å²) in [6, 6.07) is 15.1. The highest BCUT2D eigenvalue weighted by molar-refractivity contribution is 7.95. The molecule has 0 aliphatic carbocycles. The number of nitrogens with zero attached hydrogens (tertiary/aromatic N) is 1. The van der Waals surface area contributed by atoms with E-state index in [1.165, 1.54) is 18.2 Å². The summed E-state index contributed by atoms with van der Waals surface area (Å²) in [6.45, 7) is 4.31. The van der Waals surface area contributed by atoms with Crippen molar-refractivity contribution in [3.63, 3.8) is 0 Å². The van der Waals surface area contributed by atoms with Crippen LogP contribution in [0.15, 0.2) is 58.3 Å². The summed E-state index contributed by atoms with van der Waals surface area (Å²) in [7, 11) is -3.82. The van der Waals surface area contributed by atoms with Crippen LogP contribution in [0.25, 0.3) is 6.08 Å². The number of nitriles is 1. The number of hydrogen-bond acceptors (Lipinski definition) is 4. The zero-order valence-corrected chi connectivity index (χ0v) is 13.8. The van der Waals surface area contributed by atoms with Crippen LogP contribution in [0.2, 0.25) is 0 Å². The molecule has 23 heavy (non-hydrogen) atoms. The molecule has 2 aromatic carbocycles. The van der Waals surface area contributed by atoms with Crippen LogP contribution in [-0.2, 0) is 9.84 Å². The number of aryl methyl sites for hydroxylation is 1. The van der Waals surface area contributed by atoms with E-state index in [-0.39, 0.29) is 9.80 Å². The first-order valence-electron chi connectivity index (χ1n) is 7.14. The maximum atomic E-state index is 12.5. The normalized spacial score (nSPS) is 11.8. The number of rotatable bonds is 5. The van der Waals surface area contributed by atoms with E-state index in [1.54, 1.807) is 42.5 Å². The second kappa shape index (κ2) is 7.12. The lowest BCUT2D eigenvalue weighted by molar-refractivity contribution is 0.340. The van der Waals surface area contributed by atoms with Gasteiger partial charge in [0.1, 0.15) is 16.7 Å². The molecule has 0 saturated carbocycles. The lowest BCUT2D eigenvalue weighted by atomic mass is 10.2. The van der Waals surface area contributed by atoms with E-state index in [1.807, 2.05) is 13.8 Å². The van der Waals surface area contributed by atoms with Gasteiger partial charge >= 0.3 is 0 Å². The van der Waals surface area contributed by atoms with Gasteiger partial charge in [0.05, 0.1) is 11.5 Å². The third-order valence-electron chi connectivity index (χ3n) is 3.22. The van der Waals surface area contributed by atoms with Crippen molar-refractivity contribution in [1.82, 2.24) is 0 Å². The van der Waals surface area contributed by atoms with Crippen molar-refractivity contribution in [2.45, 2.75) is 18.7 Å². The molecule has 0 fully saturated rings. The van der Waals surface area contributed by atoms with E-state index < -0.39 is 9.84 Å². The zero-order chi connectivity index (χ0) is 16.9. The maximum absolute atomic E-state index is 12.5. The fraction of sp³-hybridized carbons (Fsp3) is 0.167. The lowest BCUT2D eigenvalue weighted by Gasteiger charge is -2.05. The van der Waals surface area contributed by atoms with Crippen LogP contribution in [0.3, 0.4) is 0 Å². The summed E-state index contributed by atoms with van der Waals surface area (Å²) >= 11 is 0. The van der Waals surface area contributed by atoms with Crippen molar-refractivity contribution in [3.8, 4) is 11.8 Å². The monoisotopic (exact) mass is 327 g/mol. The van der Waals surface area contributed by atoms with Gasteiger partial charge in [-0.1, -0.05) is 29.8 Å². The van der Waals surface area contributed by atoms with Gasteiger partial charge in [-0.05, 0) is 49.8 Å². The summed E-state index contributed by atoms with van der Waals surface area (Å²) in [6.07, 6.45) is 1.37. The largest absolute Gasteiger partial charge is 0.494 e. The van der Waals surface area contributed by atoms with Gasteiger partial charge in [-0.15, -0.1) is 0 Å². The molecule has 0 spiro atoms. The van der Waals surface area contributed by atoms with Gasteiger partial charge in [0.25, 0.3) is 0 Å². The van der Waals surface area contributed by atoms with Crippen LogP contribution >= 0.6 is 0 Å². The molecule has 0 saturated heterocycles. The van der Waals surface area contributed by atoms with Crippen molar-refractivity contribution < 1.29 is 13.2 Å². The lowest BCUT2D eigenvalue weighted by Crippen LogP contribution is -2.03. The second-order valence-electron chi connectivity index (χ2n) is 4.94. The fourth-order valence-electron chi connectivity index (χ4n) is 1.99. The van der Waals surface area contributed by atoms with E-state index in [9.17, 15) is 13.7 Å². The summed E-state index contributed by atoms with van der Waals surface area (Å²) in [5, 5.41) is 9.26. The third kappa shape index (κ3) is 3.99. The average Bonchev–Trinajstić information content (AvgIpc) is 2.54. The second-order valence-corrected chi connectivity index (χ2v) is 6.86. The highest BCUT2D eigenvalue weighted by Crippen LogP contribution is 2.22. The van der Waals surface area contributed by atoms with Gasteiger partial charge in [-0.25, -0.2) is 8.42 Å². The number of sulfone groups is 1. The van der Waals surface area contributed by atoms with Crippen molar-refractivity contribution in [3.05, 3.63) is 64.6 Å². The number of ether oxygens (including phenoxy) is 1. The molecule has 0 aromatic heterocycles. The number of hydrogen-bond donors (Lipinski definition) is 0. The molecular formula is C18H17NO3S. The topological polar surface area (TPSA) is 67.2 Å². The summed E-state index contributed by atoms with van der Waals surface area (Å²) in [5.41, 5.74) is 1.58. The molecule has 0 heterocycles. The van der Waals surface area contributed by atoms with Gasteiger partial charge in [0.2, 0.25) is 9.84 Å². The average molecular weight is 327 g/mol. The highest BCUT2D eigenvalue weighted by Gasteiger charge is 2.20. The van der Waals surface area contributed by atoms with E-state index in [2.05, 4.69) is 0 Å². The SMILES string of the molecule is CCOc1ccc(C=C(C#N)S(=O)(=O)c2ccc(C)cc2)cc1. The smallest absolute Gasteiger partial charge is 0.216 e. The molecule has 0 atom stereocenters. The predicted octanol–water partition coefficient (Wildman–Crippen LogP) is 3.73. The minimum absolute atomic E-state index is 0.113. The van der Waals surface area contributed by atoms with Crippen LogP contribution in [0.1, 0.15) is 18.1 Å². The molecule has 0 bridgehead atoms. The van der Waals surface area contributed by atoms with E-state index in [0.717, 1.165) is 5.56 Å². The van der Waals surface area contributed by atoms with Crippen molar-refractivity contribution in [2.75, 3.05) is 6.61 Å². The van der Waals surface area contributed by atoms with Crippen molar-refractivity contribution in [1.29, 1.82) is 5.26 Å². The Morgan fingerprint density at radius 1 is 1.13 bits per heavy atom. The summed E-state index contributed by atoms with van der Waals surface area (Å²) < 4.78 is 30.4. The Morgan fingerprint density at radius 3 is 2.26 bits per heavy atom. The van der Waals surface area contributed by atoms with Crippen LogP contribution in [0.4, 0.5) is 0 Å². The van der Waals surface area contributed by atoms with Crippen LogP contribution in [-0.4, -0.2) is 15.0 Å². The van der Waals surface area contributed by atoms with Gasteiger partial charge in [-0.2, -0.15) is 5.26 Å². The van der Waals surface area contributed by atoms with Crippen molar-refractivity contribution >= 4 is 15.9 Å². The zero-order valence-electron chi connectivity index (χ0n) is 13.0. The standard InChI is InChI=1S/C18H17NO3S/c1-3-22-16-8-6-15(7-9-16)12-18(13-19)23(20,21)17-10-4-14(2)5-11-17/h4-12H,3H2,1-2H3. The van der Waals surface area contributed by atoms with Gasteiger partial charge in [0, 0.05) is 0 Å². The molecule has 0 aliphatic rings. The van der Waals surface area contributed by atoms with E-state index >= 15 is 0 Å². The molecule has 2 rings (SSSR count). The van der Waals surface area contributed by atoms with Gasteiger partial charge in [0.15, 0.2) is 0 Å². The maximum Gasteiger partial charge on any atom is 0.216 e. The molecule has 0 aliphatic heterocycles. The van der Waals surface area contributed by atoms with E-state index in [0.29, 0.717) is 17.9 Å². The third-order valence-corrected chi connectivity index (χ3v) is 4.90. The van der Waals surface area contributed by atoms with Crippen molar-refractivity contribution in [2.24, 2.45) is 0 Å². The molecule has 2 aromatic rings. The van der Waals surface area contributed by atoms with Crippen LogP contribution < -0.4 is 4.74 Å². The fourth-order valence-corrected chi connectivity index (χ4v) is 3.15. The minimum atomic E-state index is -3.82. The molecular weight excluding hydrogens is 310 g/mol. The molecule has 0 N–H and O–H groups in total. The van der Waals surface area contributed by atoms with Crippen LogP contribution in [0, 0.1) is 18.3 Å². The Bertz CT molecular complexity index is 843. The van der Waals surface area contributed by atoms with Gasteiger partial charge in [-0.3, -0.25) is 0 Å². The predicted molar refractivity (Wildman–Crippen MR) is 89.6 cm³/mol. The molecule has 4 nitrogen and oxygen atoms in total. The van der Waals surface area contributed by atoms with E-state index in [4.69, 9.17) is 4.74 Å². The Kier molecular flexibility index (Phi) is 5.20. The molecule has 5 heteroatoms. The Labute approximate surface area is 136 Å². The first-order chi connectivity index (χ1) is 11.0. The molecule has 0 unspecified atom stereocenters. The van der Waals surface area contributed by atoms with Gasteiger partial charge < -0.3 is 4.74 Å². The number of benzene rings is 2. The van der Waals surface area contributed by atoms with Crippen LogP contribution in [0.5, 0.6) is 5.75 Å². The Morgan fingerprint density at radius 2 is 1.74 bits per heavy atom. The highest BCUT2D eigenvalue weighted by atomic mass is 32.2. The summed E-state index contributed by atoms with van der Waals surface area (Å²) in [4.78, 5) is -0.174. The quantitative estimate of drug-likeness (QED) is 0.785. The molecule has 0 amide bonds. The Hall–Kier alpha value is -2.58. The molecule has 118 valence electrons. The minimum Gasteiger partial charge on any atom is -0.494 e. The number of allylic oxidation sites excluding steroid dienone is 1. The Balaban J connectivity index is 2.38. The summed E-state index contributed by atoms with van der Waals surface area (Å²) in [5.74, 6) is 0.699. The first kappa shape index (κ1) is 16.8. The molecule has 0 radical (unpaired) electrons.